The molecule has 2 saturated heterocycles. The third-order valence-corrected chi connectivity index (χ3v) is 6.62. The average molecular weight is 285 g/mol. The second-order valence-electron chi connectivity index (χ2n) is 7.57. The largest absolute Gasteiger partial charge is 0.329 e. The van der Waals surface area contributed by atoms with Gasteiger partial charge in [-0.3, -0.25) is 4.90 Å². The van der Waals surface area contributed by atoms with Crippen molar-refractivity contribution in [3.05, 3.63) is 0 Å². The summed E-state index contributed by atoms with van der Waals surface area (Å²) < 4.78 is 0. The van der Waals surface area contributed by atoms with Gasteiger partial charge in [0.2, 0.25) is 0 Å². The first-order chi connectivity index (χ1) is 8.98. The summed E-state index contributed by atoms with van der Waals surface area (Å²) in [7, 11) is 0. The van der Waals surface area contributed by atoms with Crippen LogP contribution >= 0.6 is 11.8 Å². The fourth-order valence-corrected chi connectivity index (χ4v) is 5.13. The van der Waals surface area contributed by atoms with Gasteiger partial charge in [0.15, 0.2) is 0 Å². The van der Waals surface area contributed by atoms with Crippen LogP contribution in [0.4, 0.5) is 0 Å². The third kappa shape index (κ3) is 3.68. The van der Waals surface area contributed by atoms with Crippen LogP contribution in [-0.2, 0) is 0 Å². The Hall–Kier alpha value is 0.270. The highest BCUT2D eigenvalue weighted by molar-refractivity contribution is 7.99. The Bertz CT molecular complexity index is 279. The third-order valence-electron chi connectivity index (χ3n) is 5.31. The van der Waals surface area contributed by atoms with Crippen LogP contribution in [0.5, 0.6) is 0 Å². The molecule has 2 heterocycles. The highest BCUT2D eigenvalue weighted by atomic mass is 32.2. The Labute approximate surface area is 123 Å². The van der Waals surface area contributed by atoms with Crippen LogP contribution in [-0.4, -0.2) is 41.6 Å². The zero-order chi connectivity index (χ0) is 13.9. The molecule has 2 fully saturated rings. The first-order valence-electron chi connectivity index (χ1n) is 8.01. The van der Waals surface area contributed by atoms with Crippen molar-refractivity contribution in [2.75, 3.05) is 31.1 Å². The standard InChI is InChI=1S/C16H32N2S/c1-15(2,3)14-6-4-9-18(10-7-14)16(12-17)8-5-11-19-13-16/h14H,4-13,17H2,1-3H3. The summed E-state index contributed by atoms with van der Waals surface area (Å²) in [6.45, 7) is 10.6. The highest BCUT2D eigenvalue weighted by Gasteiger charge is 2.38. The maximum Gasteiger partial charge on any atom is 0.0422 e. The van der Waals surface area contributed by atoms with Gasteiger partial charge >= 0.3 is 0 Å². The zero-order valence-electron chi connectivity index (χ0n) is 13.1. The summed E-state index contributed by atoms with van der Waals surface area (Å²) in [5, 5.41) is 0. The molecule has 0 radical (unpaired) electrons. The second-order valence-corrected chi connectivity index (χ2v) is 8.67. The summed E-state index contributed by atoms with van der Waals surface area (Å²) in [5.41, 5.74) is 6.97. The molecule has 19 heavy (non-hydrogen) atoms. The second kappa shape index (κ2) is 6.36. The predicted octanol–water partition coefficient (Wildman–Crippen LogP) is 3.36. The maximum atomic E-state index is 6.19. The van der Waals surface area contributed by atoms with Crippen molar-refractivity contribution in [2.45, 2.75) is 58.4 Å². The molecule has 2 aliphatic rings. The van der Waals surface area contributed by atoms with Crippen molar-refractivity contribution in [3.63, 3.8) is 0 Å². The van der Waals surface area contributed by atoms with Gasteiger partial charge in [-0.25, -0.2) is 0 Å². The summed E-state index contributed by atoms with van der Waals surface area (Å²) in [5.74, 6) is 3.47. The normalized spacial score (nSPS) is 35.1. The molecule has 2 unspecified atom stereocenters. The van der Waals surface area contributed by atoms with Gasteiger partial charge in [-0.2, -0.15) is 11.8 Å². The van der Waals surface area contributed by atoms with E-state index in [0.717, 1.165) is 12.5 Å². The van der Waals surface area contributed by atoms with Crippen molar-refractivity contribution in [2.24, 2.45) is 17.1 Å². The fraction of sp³-hybridized carbons (Fsp3) is 1.00. The van der Waals surface area contributed by atoms with E-state index in [4.69, 9.17) is 5.73 Å². The lowest BCUT2D eigenvalue weighted by atomic mass is 9.76. The van der Waals surface area contributed by atoms with Gasteiger partial charge in [-0.05, 0) is 62.3 Å². The molecule has 0 saturated carbocycles. The average Bonchev–Trinajstić information content (AvgIpc) is 2.65. The van der Waals surface area contributed by atoms with Crippen molar-refractivity contribution in [1.29, 1.82) is 0 Å². The van der Waals surface area contributed by atoms with E-state index in [9.17, 15) is 0 Å². The van der Waals surface area contributed by atoms with Crippen LogP contribution in [0.1, 0.15) is 52.9 Å². The van der Waals surface area contributed by atoms with Crippen LogP contribution in [0, 0.1) is 11.3 Å². The van der Waals surface area contributed by atoms with E-state index in [1.165, 1.54) is 56.7 Å². The van der Waals surface area contributed by atoms with Gasteiger partial charge < -0.3 is 5.73 Å². The Morgan fingerprint density at radius 3 is 2.58 bits per heavy atom. The van der Waals surface area contributed by atoms with Crippen LogP contribution in [0.25, 0.3) is 0 Å². The van der Waals surface area contributed by atoms with Crippen molar-refractivity contribution >= 4 is 11.8 Å². The van der Waals surface area contributed by atoms with E-state index in [1.807, 2.05) is 0 Å². The molecular weight excluding hydrogens is 252 g/mol. The topological polar surface area (TPSA) is 29.3 Å². The fourth-order valence-electron chi connectivity index (χ4n) is 3.81. The van der Waals surface area contributed by atoms with Crippen molar-refractivity contribution in [1.82, 2.24) is 4.90 Å². The quantitative estimate of drug-likeness (QED) is 0.843. The molecule has 112 valence electrons. The summed E-state index contributed by atoms with van der Waals surface area (Å²) >= 11 is 2.11. The smallest absolute Gasteiger partial charge is 0.0422 e. The minimum absolute atomic E-state index is 0.315. The summed E-state index contributed by atoms with van der Waals surface area (Å²) in [6, 6.07) is 0. The zero-order valence-corrected chi connectivity index (χ0v) is 13.9. The maximum absolute atomic E-state index is 6.19. The van der Waals surface area contributed by atoms with Crippen molar-refractivity contribution < 1.29 is 0 Å². The molecule has 2 nitrogen and oxygen atoms in total. The van der Waals surface area contributed by atoms with Crippen LogP contribution in [0.15, 0.2) is 0 Å². The number of hydrogen-bond acceptors (Lipinski definition) is 3. The number of rotatable bonds is 2. The Kier molecular flexibility index (Phi) is 5.24. The lowest BCUT2D eigenvalue weighted by Gasteiger charge is -2.45. The van der Waals surface area contributed by atoms with E-state index in [-0.39, 0.29) is 0 Å². The van der Waals surface area contributed by atoms with Crippen LogP contribution in [0.3, 0.4) is 0 Å². The number of thioether (sulfide) groups is 1. The first kappa shape index (κ1) is 15.7. The number of nitrogens with zero attached hydrogens (tertiary/aromatic N) is 1. The van der Waals surface area contributed by atoms with Gasteiger partial charge in [0.25, 0.3) is 0 Å². The van der Waals surface area contributed by atoms with E-state index < -0.39 is 0 Å². The van der Waals surface area contributed by atoms with Crippen LogP contribution in [0.2, 0.25) is 0 Å². The van der Waals surface area contributed by atoms with Crippen molar-refractivity contribution in [3.8, 4) is 0 Å². The van der Waals surface area contributed by atoms with Gasteiger partial charge in [0.1, 0.15) is 0 Å². The molecule has 0 amide bonds. The molecule has 0 aromatic carbocycles. The number of hydrogen-bond donors (Lipinski definition) is 1. The molecule has 0 bridgehead atoms. The Balaban J connectivity index is 2.01. The molecule has 2 N–H and O–H groups in total. The number of nitrogens with two attached hydrogens (primary N) is 1. The van der Waals surface area contributed by atoms with Gasteiger partial charge in [0.05, 0.1) is 0 Å². The minimum Gasteiger partial charge on any atom is -0.329 e. The number of likely N-dealkylation sites (tertiary alicyclic amines) is 1. The van der Waals surface area contributed by atoms with E-state index >= 15 is 0 Å². The van der Waals surface area contributed by atoms with Gasteiger partial charge in [-0.1, -0.05) is 20.8 Å². The first-order valence-corrected chi connectivity index (χ1v) is 9.16. The predicted molar refractivity (Wildman–Crippen MR) is 86.7 cm³/mol. The Morgan fingerprint density at radius 1 is 1.21 bits per heavy atom. The van der Waals surface area contributed by atoms with Gasteiger partial charge in [0, 0.05) is 17.8 Å². The lowest BCUT2D eigenvalue weighted by Crippen LogP contribution is -2.57. The van der Waals surface area contributed by atoms with E-state index in [1.54, 1.807) is 0 Å². The molecule has 0 spiro atoms. The molecule has 2 aliphatic heterocycles. The molecule has 3 heteroatoms. The molecule has 0 aromatic heterocycles. The van der Waals surface area contributed by atoms with Crippen LogP contribution < -0.4 is 5.73 Å². The lowest BCUT2D eigenvalue weighted by molar-refractivity contribution is 0.101. The summed E-state index contributed by atoms with van der Waals surface area (Å²) in [4.78, 5) is 2.75. The highest BCUT2D eigenvalue weighted by Crippen LogP contribution is 2.38. The van der Waals surface area contributed by atoms with E-state index in [0.29, 0.717) is 11.0 Å². The van der Waals surface area contributed by atoms with Gasteiger partial charge in [-0.15, -0.1) is 0 Å². The molecule has 2 rings (SSSR count). The summed E-state index contributed by atoms with van der Waals surface area (Å²) in [6.07, 6.45) is 6.77. The molecular formula is C16H32N2S. The molecule has 0 aromatic rings. The molecule has 2 atom stereocenters. The molecule has 0 aliphatic carbocycles. The van der Waals surface area contributed by atoms with E-state index in [2.05, 4.69) is 37.4 Å². The monoisotopic (exact) mass is 284 g/mol. The Morgan fingerprint density at radius 2 is 2.00 bits per heavy atom. The minimum atomic E-state index is 0.315. The SMILES string of the molecule is CC(C)(C)C1CCCN(C2(CN)CCCSC2)CC1.